The molecule has 0 aliphatic rings. The van der Waals surface area contributed by atoms with Crippen molar-refractivity contribution in [2.45, 2.75) is 24.2 Å². The number of thioether (sulfide) groups is 1. The fourth-order valence-electron chi connectivity index (χ4n) is 3.62. The number of rotatable bonds is 10. The first-order valence-electron chi connectivity index (χ1n) is 12.9. The van der Waals surface area contributed by atoms with Crippen molar-refractivity contribution in [2.24, 2.45) is 0 Å². The molecule has 2 heterocycles. The molecule has 0 atom stereocenters. The van der Waals surface area contributed by atoms with Crippen LogP contribution in [-0.4, -0.2) is 65.6 Å². The summed E-state index contributed by atoms with van der Waals surface area (Å²) in [5.41, 5.74) is 10.7. The van der Waals surface area contributed by atoms with Crippen molar-refractivity contribution < 1.29 is 45.0 Å². The van der Waals surface area contributed by atoms with Crippen LogP contribution in [0.5, 0.6) is 11.5 Å². The SMILES string of the molecule is CCS(=O)(=O)c1ncc(C(=O)c2cc(F)c(F)cc2OC)c(N)n1.CCSc1ncc(C(=O)c2cc(F)c(F)cc2OC)c(N)n1. The second-order valence-corrected chi connectivity index (χ2v) is 12.2. The zero-order valence-corrected chi connectivity index (χ0v) is 26.2. The highest BCUT2D eigenvalue weighted by atomic mass is 32.2. The highest BCUT2D eigenvalue weighted by Crippen LogP contribution is 2.28. The first kappa shape index (κ1) is 35.6. The standard InChI is InChI=1S/C14H13F2N3O4S.C14H13F2N3O2S/c1-3-24(21,22)14-18-6-8(13(17)19-14)12(20)7-4-9(15)10(16)5-11(7)23-2;1-3-22-14-18-6-8(13(17)19-14)12(20)7-4-9(15)10(16)5-11(7)21-2/h4-6H,3H2,1-2H3,(H2,17,18,19);4-6H,3H2,1-2H3,(H2,17,18,19). The van der Waals surface area contributed by atoms with E-state index in [0.29, 0.717) is 11.2 Å². The average Bonchev–Trinajstić information content (AvgIpc) is 3.03. The van der Waals surface area contributed by atoms with Gasteiger partial charge >= 0.3 is 0 Å². The molecule has 4 aromatic rings. The van der Waals surface area contributed by atoms with Crippen LogP contribution in [0.1, 0.15) is 45.7 Å². The van der Waals surface area contributed by atoms with Crippen molar-refractivity contribution in [2.75, 3.05) is 37.2 Å². The van der Waals surface area contributed by atoms with Crippen LogP contribution in [0.25, 0.3) is 0 Å². The lowest BCUT2D eigenvalue weighted by atomic mass is 10.0. The Kier molecular flexibility index (Phi) is 11.6. The molecule has 46 heavy (non-hydrogen) atoms. The van der Waals surface area contributed by atoms with Crippen LogP contribution in [0.3, 0.4) is 0 Å². The number of aromatic nitrogens is 4. The van der Waals surface area contributed by atoms with Crippen LogP contribution in [0, 0.1) is 23.3 Å². The van der Waals surface area contributed by atoms with Gasteiger partial charge in [0, 0.05) is 24.5 Å². The first-order valence-corrected chi connectivity index (χ1v) is 15.6. The first-order chi connectivity index (χ1) is 21.7. The van der Waals surface area contributed by atoms with Gasteiger partial charge in [-0.15, -0.1) is 0 Å². The summed E-state index contributed by atoms with van der Waals surface area (Å²) in [5, 5.41) is -0.0786. The zero-order chi connectivity index (χ0) is 34.3. The van der Waals surface area contributed by atoms with E-state index in [1.807, 2.05) is 6.92 Å². The molecule has 4 rings (SSSR count). The molecule has 12 nitrogen and oxygen atoms in total. The van der Waals surface area contributed by atoms with E-state index >= 15 is 0 Å². The molecule has 4 N–H and O–H groups in total. The van der Waals surface area contributed by atoms with Crippen LogP contribution < -0.4 is 20.9 Å². The average molecular weight is 683 g/mol. The van der Waals surface area contributed by atoms with Crippen molar-refractivity contribution >= 4 is 44.8 Å². The number of nitrogen functional groups attached to an aromatic ring is 2. The fourth-order valence-corrected chi connectivity index (χ4v) is 4.88. The number of methoxy groups -OCH3 is 2. The molecule has 0 aliphatic heterocycles. The molecule has 0 radical (unpaired) electrons. The predicted octanol–water partition coefficient (Wildman–Crippen LogP) is 4.06. The van der Waals surface area contributed by atoms with Gasteiger partial charge in [-0.05, 0) is 17.9 Å². The van der Waals surface area contributed by atoms with Gasteiger partial charge in [-0.2, -0.15) is 0 Å². The molecule has 0 unspecified atom stereocenters. The molecule has 2 aromatic heterocycles. The van der Waals surface area contributed by atoms with Crippen molar-refractivity contribution in [1.82, 2.24) is 19.9 Å². The largest absolute Gasteiger partial charge is 0.496 e. The maximum atomic E-state index is 13.4. The van der Waals surface area contributed by atoms with E-state index in [4.69, 9.17) is 20.9 Å². The summed E-state index contributed by atoms with van der Waals surface area (Å²) >= 11 is 1.37. The maximum absolute atomic E-state index is 13.4. The van der Waals surface area contributed by atoms with E-state index in [1.54, 1.807) is 0 Å². The monoisotopic (exact) mass is 682 g/mol. The van der Waals surface area contributed by atoms with E-state index in [-0.39, 0.29) is 45.3 Å². The number of carbonyl (C=O) groups excluding carboxylic acids is 2. The summed E-state index contributed by atoms with van der Waals surface area (Å²) < 4.78 is 86.4. The Morgan fingerprint density at radius 1 is 0.739 bits per heavy atom. The summed E-state index contributed by atoms with van der Waals surface area (Å²) in [6, 6.07) is 2.95. The molecule has 0 spiro atoms. The van der Waals surface area contributed by atoms with Crippen molar-refractivity contribution in [3.05, 3.63) is 82.2 Å². The number of hydrogen-bond donors (Lipinski definition) is 2. The Morgan fingerprint density at radius 3 is 1.57 bits per heavy atom. The number of anilines is 2. The number of nitrogens with zero attached hydrogens (tertiary/aromatic N) is 4. The van der Waals surface area contributed by atoms with Crippen LogP contribution in [0.15, 0.2) is 47.0 Å². The molecular formula is C28H26F4N6O6S2. The Hall–Kier alpha value is -4.84. The van der Waals surface area contributed by atoms with Gasteiger partial charge in [0.25, 0.3) is 0 Å². The van der Waals surface area contributed by atoms with Gasteiger partial charge in [0.1, 0.15) is 23.1 Å². The topological polar surface area (TPSA) is 190 Å². The summed E-state index contributed by atoms with van der Waals surface area (Å²) in [7, 11) is -1.27. The van der Waals surface area contributed by atoms with Gasteiger partial charge in [0.15, 0.2) is 28.4 Å². The van der Waals surface area contributed by atoms with Crippen molar-refractivity contribution in [3.63, 3.8) is 0 Å². The fraction of sp³-hybridized carbons (Fsp3) is 0.214. The predicted molar refractivity (Wildman–Crippen MR) is 160 cm³/mol. The third-order valence-electron chi connectivity index (χ3n) is 5.99. The number of nitrogens with two attached hydrogens (primary N) is 2. The van der Waals surface area contributed by atoms with Crippen LogP contribution in [-0.2, 0) is 9.84 Å². The number of hydrogen-bond acceptors (Lipinski definition) is 13. The lowest BCUT2D eigenvalue weighted by Gasteiger charge is -2.10. The second kappa shape index (κ2) is 15.0. The maximum Gasteiger partial charge on any atom is 0.249 e. The van der Waals surface area contributed by atoms with E-state index in [1.165, 1.54) is 39.1 Å². The molecule has 0 saturated heterocycles. The molecule has 0 saturated carbocycles. The quantitative estimate of drug-likeness (QED) is 0.106. The van der Waals surface area contributed by atoms with Gasteiger partial charge in [-0.25, -0.2) is 45.9 Å². The summed E-state index contributed by atoms with van der Waals surface area (Å²) in [5.74, 6) is -6.35. The summed E-state index contributed by atoms with van der Waals surface area (Å²) in [6.45, 7) is 3.33. The number of sulfone groups is 1. The number of benzene rings is 2. The third kappa shape index (κ3) is 7.86. The number of carbonyl (C=O) groups is 2. The summed E-state index contributed by atoms with van der Waals surface area (Å²) in [6.07, 6.45) is 2.19. The second-order valence-electron chi connectivity index (χ2n) is 8.83. The van der Waals surface area contributed by atoms with Crippen LogP contribution >= 0.6 is 11.8 Å². The highest BCUT2D eigenvalue weighted by molar-refractivity contribution is 7.99. The van der Waals surface area contributed by atoms with Gasteiger partial charge in [-0.3, -0.25) is 9.59 Å². The van der Waals surface area contributed by atoms with E-state index in [0.717, 1.165) is 30.1 Å². The molecule has 0 fully saturated rings. The molecule has 0 bridgehead atoms. The molecule has 244 valence electrons. The van der Waals surface area contributed by atoms with Crippen LogP contribution in [0.2, 0.25) is 0 Å². The Bertz CT molecular complexity index is 1910. The number of halogens is 4. The Morgan fingerprint density at radius 2 is 1.17 bits per heavy atom. The lowest BCUT2D eigenvalue weighted by Crippen LogP contribution is -2.15. The zero-order valence-electron chi connectivity index (χ0n) is 24.6. The molecule has 2 aromatic carbocycles. The minimum absolute atomic E-state index is 0.00441. The number of ketones is 2. The third-order valence-corrected chi connectivity index (χ3v) is 8.24. The van der Waals surface area contributed by atoms with Gasteiger partial charge in [-0.1, -0.05) is 25.6 Å². The van der Waals surface area contributed by atoms with Gasteiger partial charge < -0.3 is 20.9 Å². The van der Waals surface area contributed by atoms with Crippen molar-refractivity contribution in [1.29, 1.82) is 0 Å². The smallest absolute Gasteiger partial charge is 0.249 e. The lowest BCUT2D eigenvalue weighted by molar-refractivity contribution is 0.102. The Balaban J connectivity index is 0.000000251. The molecule has 18 heteroatoms. The number of ether oxygens (including phenoxy) is 2. The van der Waals surface area contributed by atoms with Crippen molar-refractivity contribution in [3.8, 4) is 11.5 Å². The van der Waals surface area contributed by atoms with E-state index in [9.17, 15) is 35.6 Å². The minimum Gasteiger partial charge on any atom is -0.496 e. The summed E-state index contributed by atoms with van der Waals surface area (Å²) in [4.78, 5) is 40.1. The van der Waals surface area contributed by atoms with E-state index in [2.05, 4.69) is 19.9 Å². The minimum atomic E-state index is -3.70. The normalized spacial score (nSPS) is 11.0. The molecule has 0 aliphatic carbocycles. The molecule has 0 amide bonds. The Labute approximate surface area is 264 Å². The molecular weight excluding hydrogens is 656 g/mol. The highest BCUT2D eigenvalue weighted by Gasteiger charge is 2.24. The van der Waals surface area contributed by atoms with Crippen LogP contribution in [0.4, 0.5) is 29.2 Å². The van der Waals surface area contributed by atoms with Gasteiger partial charge in [0.05, 0.1) is 42.2 Å². The van der Waals surface area contributed by atoms with Gasteiger partial charge in [0.2, 0.25) is 26.6 Å². The van der Waals surface area contributed by atoms with E-state index < -0.39 is 55.6 Å².